The lowest BCUT2D eigenvalue weighted by Gasteiger charge is -2.38. The molecule has 0 bridgehead atoms. The SMILES string of the molecule is CC(C)(C)[Si](C)(C)OC[C@H]1CCCN1c1nccc2oc(B(O)O)cc12. The summed E-state index contributed by atoms with van der Waals surface area (Å²) >= 11 is 0. The van der Waals surface area contributed by atoms with Gasteiger partial charge in [-0.05, 0) is 43.1 Å². The zero-order valence-electron chi connectivity index (χ0n) is 16.3. The van der Waals surface area contributed by atoms with Gasteiger partial charge in [0.25, 0.3) is 0 Å². The molecule has 1 aliphatic rings. The Balaban J connectivity index is 1.83. The van der Waals surface area contributed by atoms with Gasteiger partial charge in [0, 0.05) is 12.7 Å². The fourth-order valence-electron chi connectivity index (χ4n) is 3.13. The maximum absolute atomic E-state index is 9.40. The molecule has 2 aromatic heterocycles. The van der Waals surface area contributed by atoms with Crippen molar-refractivity contribution in [3.8, 4) is 0 Å². The predicted octanol–water partition coefficient (Wildman–Crippen LogP) is 2.50. The molecule has 142 valence electrons. The smallest absolute Gasteiger partial charge is 0.464 e. The van der Waals surface area contributed by atoms with Crippen LogP contribution in [0.15, 0.2) is 22.7 Å². The standard InChI is InChI=1S/C18H29BN2O4Si/c1-18(2,3)26(4,5)24-12-13-7-6-10-21(13)17-14-11-16(19(22)23)25-15(14)8-9-20-17/h8-9,11,13,22-23H,6-7,10,12H2,1-5H3/t13-/m1/s1. The largest absolute Gasteiger partial charge is 0.526 e. The second-order valence-electron chi connectivity index (χ2n) is 8.63. The molecule has 26 heavy (non-hydrogen) atoms. The third-order valence-corrected chi connectivity index (χ3v) is 10.3. The maximum atomic E-state index is 9.40. The molecule has 3 rings (SSSR count). The summed E-state index contributed by atoms with van der Waals surface area (Å²) < 4.78 is 12.0. The third kappa shape index (κ3) is 3.69. The Morgan fingerprint density at radius 1 is 1.38 bits per heavy atom. The molecule has 1 saturated heterocycles. The van der Waals surface area contributed by atoms with Crippen LogP contribution in [0.4, 0.5) is 5.82 Å². The van der Waals surface area contributed by atoms with Crippen LogP contribution in [0.1, 0.15) is 33.6 Å². The van der Waals surface area contributed by atoms with Gasteiger partial charge in [0.1, 0.15) is 17.1 Å². The summed E-state index contributed by atoms with van der Waals surface area (Å²) in [7, 11) is -3.42. The molecule has 8 heteroatoms. The highest BCUT2D eigenvalue weighted by Gasteiger charge is 2.39. The summed E-state index contributed by atoms with van der Waals surface area (Å²) in [5.41, 5.74) is 0.761. The van der Waals surface area contributed by atoms with E-state index in [9.17, 15) is 10.0 Å². The van der Waals surface area contributed by atoms with Gasteiger partial charge in [-0.15, -0.1) is 0 Å². The topological polar surface area (TPSA) is 79.0 Å². The molecule has 6 nitrogen and oxygen atoms in total. The van der Waals surface area contributed by atoms with Gasteiger partial charge in [0.2, 0.25) is 0 Å². The van der Waals surface area contributed by atoms with Gasteiger partial charge in [0.05, 0.1) is 18.0 Å². The van der Waals surface area contributed by atoms with E-state index in [-0.39, 0.29) is 16.7 Å². The van der Waals surface area contributed by atoms with E-state index >= 15 is 0 Å². The average Bonchev–Trinajstić information content (AvgIpc) is 3.18. The minimum atomic E-state index is -1.80. The Kier molecular flexibility index (Phi) is 5.22. The van der Waals surface area contributed by atoms with Crippen LogP contribution in [0.25, 0.3) is 11.0 Å². The highest BCUT2D eigenvalue weighted by atomic mass is 28.4. The summed E-state index contributed by atoms with van der Waals surface area (Å²) in [6.45, 7) is 12.9. The van der Waals surface area contributed by atoms with Crippen molar-refractivity contribution in [3.05, 3.63) is 18.3 Å². The van der Waals surface area contributed by atoms with E-state index in [1.807, 2.05) is 0 Å². The number of aromatic nitrogens is 1. The van der Waals surface area contributed by atoms with Crippen LogP contribution in [0.2, 0.25) is 18.1 Å². The van der Waals surface area contributed by atoms with E-state index in [0.29, 0.717) is 12.2 Å². The van der Waals surface area contributed by atoms with E-state index in [4.69, 9.17) is 8.84 Å². The Morgan fingerprint density at radius 3 is 2.77 bits per heavy atom. The fourth-order valence-corrected chi connectivity index (χ4v) is 4.18. The number of rotatable bonds is 5. The van der Waals surface area contributed by atoms with Crippen molar-refractivity contribution in [2.24, 2.45) is 0 Å². The van der Waals surface area contributed by atoms with Gasteiger partial charge in [0.15, 0.2) is 8.32 Å². The van der Waals surface area contributed by atoms with Crippen molar-refractivity contribution in [2.75, 3.05) is 18.1 Å². The molecule has 1 atom stereocenters. The molecule has 0 amide bonds. The summed E-state index contributed by atoms with van der Waals surface area (Å²) in [4.78, 5) is 6.84. The molecule has 2 aromatic rings. The Labute approximate surface area is 156 Å². The van der Waals surface area contributed by atoms with Gasteiger partial charge >= 0.3 is 7.12 Å². The molecule has 0 aliphatic carbocycles. The van der Waals surface area contributed by atoms with Crippen molar-refractivity contribution in [2.45, 2.75) is 57.8 Å². The summed E-state index contributed by atoms with van der Waals surface area (Å²) in [6, 6.07) is 3.70. The van der Waals surface area contributed by atoms with Crippen molar-refractivity contribution < 1.29 is 18.9 Å². The minimum Gasteiger partial charge on any atom is -0.464 e. The number of anilines is 1. The molecule has 0 unspecified atom stereocenters. The van der Waals surface area contributed by atoms with Gasteiger partial charge in [-0.2, -0.15) is 0 Å². The van der Waals surface area contributed by atoms with E-state index < -0.39 is 15.4 Å². The second kappa shape index (κ2) is 7.00. The average molecular weight is 376 g/mol. The van der Waals surface area contributed by atoms with E-state index in [0.717, 1.165) is 30.6 Å². The number of hydrogen-bond acceptors (Lipinski definition) is 6. The highest BCUT2D eigenvalue weighted by molar-refractivity contribution is 6.74. The summed E-state index contributed by atoms with van der Waals surface area (Å²) in [5.74, 6) is 0.833. The van der Waals surface area contributed by atoms with E-state index in [2.05, 4.69) is 43.7 Å². The van der Waals surface area contributed by atoms with E-state index in [1.54, 1.807) is 18.3 Å². The maximum Gasteiger partial charge on any atom is 0.526 e. The lowest BCUT2D eigenvalue weighted by molar-refractivity contribution is 0.263. The van der Waals surface area contributed by atoms with Gasteiger partial charge in [-0.3, -0.25) is 0 Å². The lowest BCUT2D eigenvalue weighted by atomic mass is 9.88. The first-order chi connectivity index (χ1) is 12.1. The quantitative estimate of drug-likeness (QED) is 0.781. The first-order valence-corrected chi connectivity index (χ1v) is 12.2. The van der Waals surface area contributed by atoms with Crippen molar-refractivity contribution in [1.29, 1.82) is 0 Å². The van der Waals surface area contributed by atoms with Crippen LogP contribution < -0.4 is 10.6 Å². The molecule has 0 radical (unpaired) electrons. The van der Waals surface area contributed by atoms with Crippen molar-refractivity contribution in [1.82, 2.24) is 4.98 Å². The fraction of sp³-hybridized carbons (Fsp3) is 0.611. The first-order valence-electron chi connectivity index (χ1n) is 9.25. The number of pyridine rings is 1. The Hall–Kier alpha value is -1.35. The van der Waals surface area contributed by atoms with Gasteiger partial charge in [-0.1, -0.05) is 20.8 Å². The molecular weight excluding hydrogens is 347 g/mol. The van der Waals surface area contributed by atoms with E-state index in [1.165, 1.54) is 0 Å². The summed E-state index contributed by atoms with van der Waals surface area (Å²) in [6.07, 6.45) is 3.87. The number of nitrogens with zero attached hydrogens (tertiary/aromatic N) is 2. The van der Waals surface area contributed by atoms with Crippen molar-refractivity contribution in [3.63, 3.8) is 0 Å². The van der Waals surface area contributed by atoms with Crippen LogP contribution in [0.5, 0.6) is 0 Å². The zero-order chi connectivity index (χ0) is 19.1. The molecular formula is C18H29BN2O4Si. The molecule has 1 fully saturated rings. The second-order valence-corrected chi connectivity index (χ2v) is 13.4. The first kappa shape index (κ1) is 19.4. The number of hydrogen-bond donors (Lipinski definition) is 2. The number of fused-ring (bicyclic) bond motifs is 1. The summed E-state index contributed by atoms with van der Waals surface area (Å²) in [5, 5.41) is 19.8. The molecule has 2 N–H and O–H groups in total. The monoisotopic (exact) mass is 376 g/mol. The van der Waals surface area contributed by atoms with Crippen LogP contribution in [0.3, 0.4) is 0 Å². The lowest BCUT2D eigenvalue weighted by Crippen LogP contribution is -2.45. The minimum absolute atomic E-state index is 0.141. The van der Waals surface area contributed by atoms with Crippen molar-refractivity contribution >= 4 is 37.9 Å². The van der Waals surface area contributed by atoms with Crippen LogP contribution in [0, 0.1) is 0 Å². The Bertz CT molecular complexity index is 772. The normalized spacial score (nSPS) is 18.7. The molecule has 0 aromatic carbocycles. The number of furan rings is 1. The van der Waals surface area contributed by atoms with Gasteiger partial charge in [-0.25, -0.2) is 4.98 Å². The molecule has 0 spiro atoms. The van der Waals surface area contributed by atoms with Crippen LogP contribution >= 0.6 is 0 Å². The predicted molar refractivity (Wildman–Crippen MR) is 107 cm³/mol. The third-order valence-electron chi connectivity index (χ3n) is 5.79. The van der Waals surface area contributed by atoms with Gasteiger partial charge < -0.3 is 23.8 Å². The van der Waals surface area contributed by atoms with Crippen LogP contribution in [-0.2, 0) is 4.43 Å². The Morgan fingerprint density at radius 2 is 2.12 bits per heavy atom. The zero-order valence-corrected chi connectivity index (χ0v) is 17.3. The van der Waals surface area contributed by atoms with Crippen LogP contribution in [-0.4, -0.2) is 49.7 Å². The highest BCUT2D eigenvalue weighted by Crippen LogP contribution is 2.38. The molecule has 0 saturated carbocycles. The molecule has 1 aliphatic heterocycles. The molecule has 3 heterocycles.